The number of unbranched alkanes of at least 4 members (excludes halogenated alkanes) is 1. The molecule has 4 aromatic rings. The van der Waals surface area contributed by atoms with E-state index in [1.54, 1.807) is 18.5 Å². The van der Waals surface area contributed by atoms with Crippen molar-refractivity contribution < 1.29 is 14.2 Å². The maximum atomic E-state index is 12.6. The van der Waals surface area contributed by atoms with Gasteiger partial charge in [0.1, 0.15) is 11.3 Å². The molecule has 1 saturated heterocycles. The molecule has 12 nitrogen and oxygen atoms in total. The quantitative estimate of drug-likeness (QED) is 0.307. The van der Waals surface area contributed by atoms with E-state index < -0.39 is 0 Å². The molecule has 1 aliphatic rings. The molecule has 0 radical (unpaired) electrons. The highest BCUT2D eigenvalue weighted by Crippen LogP contribution is 2.21. The number of fused-ring (bicyclic) bond motifs is 1. The van der Waals surface area contributed by atoms with Gasteiger partial charge in [0.25, 0.3) is 0 Å². The maximum absolute atomic E-state index is 12.6. The van der Waals surface area contributed by atoms with Crippen LogP contribution in [0, 0.1) is 0 Å². The van der Waals surface area contributed by atoms with Crippen molar-refractivity contribution in [2.75, 3.05) is 38.6 Å². The number of H-pyrrole nitrogens is 1. The van der Waals surface area contributed by atoms with E-state index in [0.717, 1.165) is 56.9 Å². The fraction of sp³-hybridized carbons (Fsp3) is 0.400. The lowest BCUT2D eigenvalue weighted by molar-refractivity contribution is 0.0336. The van der Waals surface area contributed by atoms with Gasteiger partial charge in [-0.25, -0.2) is 9.78 Å². The van der Waals surface area contributed by atoms with Crippen LogP contribution < -0.4 is 20.9 Å². The molecule has 0 aromatic carbocycles. The van der Waals surface area contributed by atoms with Crippen molar-refractivity contribution in [3.63, 3.8) is 0 Å². The molecule has 0 amide bonds. The number of morpholine rings is 1. The number of aromatic amines is 1. The summed E-state index contributed by atoms with van der Waals surface area (Å²) in [7, 11) is 0. The Kier molecular flexibility index (Phi) is 7.57. The van der Waals surface area contributed by atoms with Gasteiger partial charge in [0.2, 0.25) is 5.88 Å². The molecule has 5 rings (SSSR count). The average Bonchev–Trinajstić information content (AvgIpc) is 3.22. The lowest BCUT2D eigenvalue weighted by Crippen LogP contribution is -2.35. The molecule has 37 heavy (non-hydrogen) atoms. The smallest absolute Gasteiger partial charge is 0.328 e. The summed E-state index contributed by atoms with van der Waals surface area (Å²) in [4.78, 5) is 35.1. The molecule has 194 valence electrons. The van der Waals surface area contributed by atoms with Gasteiger partial charge in [-0.05, 0) is 24.1 Å². The summed E-state index contributed by atoms with van der Waals surface area (Å²) in [6, 6.07) is 7.58. The number of pyridine rings is 2. The Balaban J connectivity index is 1.25. The largest absolute Gasteiger partial charge is 0.463 e. The fourth-order valence-electron chi connectivity index (χ4n) is 3.97. The first kappa shape index (κ1) is 24.7. The van der Waals surface area contributed by atoms with Crippen molar-refractivity contribution in [1.82, 2.24) is 34.4 Å². The highest BCUT2D eigenvalue weighted by molar-refractivity contribution is 5.81. The minimum absolute atomic E-state index is 0.151. The van der Waals surface area contributed by atoms with Crippen molar-refractivity contribution in [1.29, 1.82) is 0 Å². The minimum Gasteiger partial charge on any atom is -0.463 e. The van der Waals surface area contributed by atoms with Crippen LogP contribution in [0.5, 0.6) is 17.6 Å². The van der Waals surface area contributed by atoms with Gasteiger partial charge in [0.05, 0.1) is 38.3 Å². The molecule has 0 bridgehead atoms. The Morgan fingerprint density at radius 2 is 1.95 bits per heavy atom. The van der Waals surface area contributed by atoms with Gasteiger partial charge in [0, 0.05) is 31.9 Å². The van der Waals surface area contributed by atoms with Gasteiger partial charge >= 0.3 is 11.7 Å². The van der Waals surface area contributed by atoms with E-state index in [0.29, 0.717) is 29.4 Å². The second-order valence-electron chi connectivity index (χ2n) is 8.79. The van der Waals surface area contributed by atoms with E-state index in [-0.39, 0.29) is 24.1 Å². The van der Waals surface area contributed by atoms with E-state index >= 15 is 0 Å². The van der Waals surface area contributed by atoms with E-state index in [1.165, 1.54) is 4.57 Å². The summed E-state index contributed by atoms with van der Waals surface area (Å²) in [6.45, 7) is 6.91. The number of nitrogens with two attached hydrogens (primary N) is 1. The number of ether oxygens (including phenoxy) is 3. The molecule has 5 heterocycles. The van der Waals surface area contributed by atoms with E-state index in [9.17, 15) is 4.79 Å². The zero-order valence-electron chi connectivity index (χ0n) is 20.7. The second kappa shape index (κ2) is 11.4. The minimum atomic E-state index is -0.342. The molecule has 3 N–H and O–H groups in total. The number of rotatable bonds is 10. The van der Waals surface area contributed by atoms with Gasteiger partial charge in [-0.15, -0.1) is 0 Å². The first-order valence-corrected chi connectivity index (χ1v) is 12.4. The summed E-state index contributed by atoms with van der Waals surface area (Å²) in [5.74, 6) is 1.19. The molecule has 0 spiro atoms. The highest BCUT2D eigenvalue weighted by atomic mass is 16.5. The molecule has 0 atom stereocenters. The zero-order chi connectivity index (χ0) is 25.6. The van der Waals surface area contributed by atoms with Gasteiger partial charge in [-0.3, -0.25) is 14.5 Å². The first-order valence-electron chi connectivity index (χ1n) is 12.4. The van der Waals surface area contributed by atoms with E-state index in [1.807, 2.05) is 18.2 Å². The van der Waals surface area contributed by atoms with Crippen LogP contribution in [-0.2, 0) is 17.8 Å². The SMILES string of the molecule is CCCCOc1nc(N)c2[nH]c(=O)n(Cc3ccc(Oc4ccc(CN5CCOCC5)nc4)nc3)c2n1. The summed E-state index contributed by atoms with van der Waals surface area (Å²) < 4.78 is 18.3. The molecule has 0 unspecified atom stereocenters. The maximum Gasteiger partial charge on any atom is 0.328 e. The van der Waals surface area contributed by atoms with Crippen LogP contribution in [0.2, 0.25) is 0 Å². The van der Waals surface area contributed by atoms with Crippen LogP contribution in [0.25, 0.3) is 11.2 Å². The van der Waals surface area contributed by atoms with Crippen LogP contribution in [0.15, 0.2) is 41.5 Å². The Labute approximate surface area is 213 Å². The van der Waals surface area contributed by atoms with Crippen LogP contribution in [0.1, 0.15) is 31.0 Å². The second-order valence-corrected chi connectivity index (χ2v) is 8.79. The third-order valence-electron chi connectivity index (χ3n) is 6.01. The normalized spacial score (nSPS) is 14.2. The third-order valence-corrected chi connectivity index (χ3v) is 6.01. The number of nitrogen functional groups attached to an aromatic ring is 1. The van der Waals surface area contributed by atoms with E-state index in [4.69, 9.17) is 19.9 Å². The number of imidazole rings is 1. The Bertz CT molecular complexity index is 1380. The number of aromatic nitrogens is 6. The van der Waals surface area contributed by atoms with Crippen LogP contribution in [0.3, 0.4) is 0 Å². The molecule has 1 fully saturated rings. The molecule has 0 saturated carbocycles. The van der Waals surface area contributed by atoms with Crippen molar-refractivity contribution >= 4 is 17.0 Å². The van der Waals surface area contributed by atoms with Gasteiger partial charge in [0.15, 0.2) is 11.5 Å². The molecule has 0 aliphatic carbocycles. The lowest BCUT2D eigenvalue weighted by atomic mass is 10.3. The van der Waals surface area contributed by atoms with Crippen LogP contribution in [-0.4, -0.2) is 67.3 Å². The Morgan fingerprint density at radius 3 is 2.68 bits per heavy atom. The number of hydrogen-bond acceptors (Lipinski definition) is 10. The topological polar surface area (TPSA) is 146 Å². The summed E-state index contributed by atoms with van der Waals surface area (Å²) >= 11 is 0. The Morgan fingerprint density at radius 1 is 1.08 bits per heavy atom. The van der Waals surface area contributed by atoms with Crippen LogP contribution in [0.4, 0.5) is 5.82 Å². The van der Waals surface area contributed by atoms with E-state index in [2.05, 4.69) is 36.7 Å². The lowest BCUT2D eigenvalue weighted by Gasteiger charge is -2.26. The first-order chi connectivity index (χ1) is 18.1. The standard InChI is InChI=1S/C25H30N8O4/c1-2-3-10-36-24-30-22(26)21-23(31-24)33(25(34)29-21)15-17-4-7-20(28-13-17)37-19-6-5-18(27-14-19)16-32-8-11-35-12-9-32/h4-7,13-14H,2-3,8-12,15-16H2,1H3,(H,29,34)(H2,26,30,31). The monoisotopic (exact) mass is 506 g/mol. The number of nitrogens with zero attached hydrogens (tertiary/aromatic N) is 6. The number of hydrogen-bond donors (Lipinski definition) is 2. The predicted octanol–water partition coefficient (Wildman–Crippen LogP) is 2.34. The van der Waals surface area contributed by atoms with Crippen LogP contribution >= 0.6 is 0 Å². The molecular formula is C25H30N8O4. The van der Waals surface area contributed by atoms with Gasteiger partial charge in [-0.1, -0.05) is 19.4 Å². The van der Waals surface area contributed by atoms with Crippen molar-refractivity contribution in [2.24, 2.45) is 0 Å². The highest BCUT2D eigenvalue weighted by Gasteiger charge is 2.15. The van der Waals surface area contributed by atoms with Crippen molar-refractivity contribution in [2.45, 2.75) is 32.9 Å². The Hall–Kier alpha value is -4.03. The summed E-state index contributed by atoms with van der Waals surface area (Å²) in [5.41, 5.74) is 8.22. The fourth-order valence-corrected chi connectivity index (χ4v) is 3.97. The third kappa shape index (κ3) is 6.04. The summed E-state index contributed by atoms with van der Waals surface area (Å²) in [5, 5.41) is 0. The summed E-state index contributed by atoms with van der Waals surface area (Å²) in [6.07, 6.45) is 5.21. The van der Waals surface area contributed by atoms with Crippen molar-refractivity contribution in [3.8, 4) is 17.6 Å². The molecule has 1 aliphatic heterocycles. The molecule has 12 heteroatoms. The predicted molar refractivity (Wildman–Crippen MR) is 137 cm³/mol. The van der Waals surface area contributed by atoms with Gasteiger partial charge in [-0.2, -0.15) is 9.97 Å². The van der Waals surface area contributed by atoms with Crippen molar-refractivity contribution in [3.05, 3.63) is 58.4 Å². The van der Waals surface area contributed by atoms with Gasteiger partial charge < -0.3 is 24.9 Å². The molecular weight excluding hydrogens is 476 g/mol. The number of nitrogens with one attached hydrogen (secondary N) is 1. The number of anilines is 1. The zero-order valence-corrected chi connectivity index (χ0v) is 20.7. The molecule has 4 aromatic heterocycles. The average molecular weight is 507 g/mol.